The van der Waals surface area contributed by atoms with Gasteiger partial charge in [-0.1, -0.05) is 12.1 Å². The number of halogens is 1. The van der Waals surface area contributed by atoms with E-state index in [4.69, 9.17) is 0 Å². The molecule has 1 aromatic heterocycles. The summed E-state index contributed by atoms with van der Waals surface area (Å²) in [5.74, 6) is 1.11. The Bertz CT molecular complexity index is 800. The maximum Gasteiger partial charge on any atom is 0.139 e. The van der Waals surface area contributed by atoms with Crippen LogP contribution in [-0.4, -0.2) is 9.67 Å². The highest BCUT2D eigenvalue weighted by Crippen LogP contribution is 2.48. The first-order chi connectivity index (χ1) is 9.66. The summed E-state index contributed by atoms with van der Waals surface area (Å²) in [6.07, 6.45) is 2.89. The van der Waals surface area contributed by atoms with Crippen molar-refractivity contribution in [3.63, 3.8) is 0 Å². The van der Waals surface area contributed by atoms with E-state index in [1.54, 1.807) is 23.9 Å². The van der Waals surface area contributed by atoms with Crippen LogP contribution in [0.25, 0.3) is 16.5 Å². The number of nitrogens with zero attached hydrogens (tertiary/aromatic N) is 1. The zero-order chi connectivity index (χ0) is 13.9. The van der Waals surface area contributed by atoms with E-state index in [0.29, 0.717) is 12.2 Å². The number of aromatic hydroxyl groups is 1. The van der Waals surface area contributed by atoms with Gasteiger partial charge in [-0.15, -0.1) is 11.8 Å². The minimum atomic E-state index is -0.0266. The van der Waals surface area contributed by atoms with Crippen molar-refractivity contribution in [1.29, 1.82) is 0 Å². The summed E-state index contributed by atoms with van der Waals surface area (Å²) in [7, 11) is 1.98. The van der Waals surface area contributed by atoms with Crippen LogP contribution >= 0.6 is 11.8 Å². The summed E-state index contributed by atoms with van der Waals surface area (Å²) >= 11 is 1.70. The largest absolute Gasteiger partial charge is 0.506 e. The number of hydrogen-bond acceptors (Lipinski definition) is 2. The number of aryl methyl sites for hydroxylation is 1. The number of allylic oxidation sites excluding steroid dienone is 3. The smallest absolute Gasteiger partial charge is 0.139 e. The van der Waals surface area contributed by atoms with Gasteiger partial charge in [0.25, 0.3) is 0 Å². The summed E-state index contributed by atoms with van der Waals surface area (Å²) in [4.78, 5) is 1.05. The van der Waals surface area contributed by atoms with E-state index in [0.717, 1.165) is 28.0 Å². The fourth-order valence-electron chi connectivity index (χ4n) is 3.28. The summed E-state index contributed by atoms with van der Waals surface area (Å²) in [6.45, 7) is 0. The van der Waals surface area contributed by atoms with Crippen LogP contribution in [0.4, 0.5) is 4.39 Å². The molecule has 1 N–H and O–H groups in total. The molecule has 2 nitrogen and oxygen atoms in total. The van der Waals surface area contributed by atoms with Crippen LogP contribution in [0, 0.1) is 0 Å². The van der Waals surface area contributed by atoms with Gasteiger partial charge in [-0.2, -0.15) is 0 Å². The van der Waals surface area contributed by atoms with Crippen LogP contribution in [0.2, 0.25) is 0 Å². The molecule has 1 aliphatic carbocycles. The highest BCUT2D eigenvalue weighted by Gasteiger charge is 2.28. The van der Waals surface area contributed by atoms with Gasteiger partial charge in [0, 0.05) is 29.5 Å². The standard InChI is InChI=1S/C16H14FNOS/c1-18-15-11-6-5-9(17)7-14(11)20-8-12(15)10-3-2-4-13(19)16(10)18/h2-4,7,19H,5-6,8H2,1H3. The zero-order valence-electron chi connectivity index (χ0n) is 11.1. The lowest BCUT2D eigenvalue weighted by Gasteiger charge is -2.23. The number of para-hydroxylation sites is 1. The molecular weight excluding hydrogens is 273 g/mol. The quantitative estimate of drug-likeness (QED) is 0.772. The molecular formula is C16H14FNOS. The van der Waals surface area contributed by atoms with Gasteiger partial charge in [-0.3, -0.25) is 0 Å². The number of fused-ring (bicyclic) bond motifs is 4. The van der Waals surface area contributed by atoms with E-state index < -0.39 is 0 Å². The molecule has 102 valence electrons. The topological polar surface area (TPSA) is 25.2 Å². The zero-order valence-corrected chi connectivity index (χ0v) is 11.9. The molecule has 4 rings (SSSR count). The van der Waals surface area contributed by atoms with Gasteiger partial charge in [0.15, 0.2) is 0 Å². The molecule has 0 unspecified atom stereocenters. The van der Waals surface area contributed by atoms with Crippen molar-refractivity contribution in [3.05, 3.63) is 46.3 Å². The van der Waals surface area contributed by atoms with E-state index in [2.05, 4.69) is 10.6 Å². The Morgan fingerprint density at radius 3 is 3.00 bits per heavy atom. The monoisotopic (exact) mass is 287 g/mol. The van der Waals surface area contributed by atoms with E-state index in [1.807, 2.05) is 13.1 Å². The van der Waals surface area contributed by atoms with Crippen molar-refractivity contribution in [2.45, 2.75) is 18.6 Å². The molecule has 0 fully saturated rings. The van der Waals surface area contributed by atoms with Crippen molar-refractivity contribution < 1.29 is 9.50 Å². The van der Waals surface area contributed by atoms with Crippen molar-refractivity contribution in [3.8, 4) is 5.75 Å². The average molecular weight is 287 g/mol. The van der Waals surface area contributed by atoms with Crippen molar-refractivity contribution >= 4 is 28.2 Å². The van der Waals surface area contributed by atoms with E-state index in [-0.39, 0.29) is 5.83 Å². The van der Waals surface area contributed by atoms with Gasteiger partial charge < -0.3 is 9.67 Å². The lowest BCUT2D eigenvalue weighted by molar-refractivity contribution is 0.479. The first-order valence-corrected chi connectivity index (χ1v) is 7.67. The highest BCUT2D eigenvalue weighted by molar-refractivity contribution is 8.02. The molecule has 1 aromatic carbocycles. The summed E-state index contributed by atoms with van der Waals surface area (Å²) in [5.41, 5.74) is 4.52. The predicted molar refractivity (Wildman–Crippen MR) is 81.2 cm³/mol. The number of hydrogen-bond donors (Lipinski definition) is 1. The number of phenols is 1. The lowest BCUT2D eigenvalue weighted by Crippen LogP contribution is -2.06. The van der Waals surface area contributed by atoms with Gasteiger partial charge in [-0.25, -0.2) is 4.39 Å². The third-order valence-corrected chi connectivity index (χ3v) is 5.26. The van der Waals surface area contributed by atoms with Gasteiger partial charge in [-0.05, 0) is 29.7 Å². The van der Waals surface area contributed by atoms with Crippen molar-refractivity contribution in [2.75, 3.05) is 0 Å². The molecule has 2 heterocycles. The molecule has 2 aliphatic rings. The second kappa shape index (κ2) is 4.16. The van der Waals surface area contributed by atoms with Gasteiger partial charge in [0.05, 0.1) is 11.2 Å². The lowest BCUT2D eigenvalue weighted by atomic mass is 9.97. The van der Waals surface area contributed by atoms with Gasteiger partial charge >= 0.3 is 0 Å². The Labute approximate surface area is 120 Å². The van der Waals surface area contributed by atoms with E-state index >= 15 is 0 Å². The Morgan fingerprint density at radius 1 is 1.30 bits per heavy atom. The third kappa shape index (κ3) is 1.51. The summed E-state index contributed by atoms with van der Waals surface area (Å²) < 4.78 is 15.5. The van der Waals surface area contributed by atoms with Crippen molar-refractivity contribution in [2.24, 2.45) is 7.05 Å². The first kappa shape index (κ1) is 12.1. The van der Waals surface area contributed by atoms with Gasteiger partial charge in [0.1, 0.15) is 11.6 Å². The number of aromatic nitrogens is 1. The highest BCUT2D eigenvalue weighted by atomic mass is 32.2. The number of thioether (sulfide) groups is 1. The molecule has 0 saturated heterocycles. The third-order valence-electron chi connectivity index (χ3n) is 4.15. The van der Waals surface area contributed by atoms with E-state index in [9.17, 15) is 9.50 Å². The van der Waals surface area contributed by atoms with Crippen LogP contribution in [-0.2, 0) is 12.8 Å². The Kier molecular flexibility index (Phi) is 2.51. The number of benzene rings is 1. The predicted octanol–water partition coefficient (Wildman–Crippen LogP) is 4.49. The van der Waals surface area contributed by atoms with Crippen LogP contribution < -0.4 is 0 Å². The SMILES string of the molecule is Cn1c2c(c3cccc(O)c31)CSC1=C2CCC(F)=C1. The van der Waals surface area contributed by atoms with Crippen LogP contribution in [0.5, 0.6) is 5.75 Å². The molecule has 4 heteroatoms. The molecule has 2 aromatic rings. The normalized spacial score (nSPS) is 18.0. The Balaban J connectivity index is 2.07. The van der Waals surface area contributed by atoms with Crippen LogP contribution in [0.15, 0.2) is 35.0 Å². The Morgan fingerprint density at radius 2 is 2.15 bits per heavy atom. The minimum absolute atomic E-state index is 0.0266. The summed E-state index contributed by atoms with van der Waals surface area (Å²) in [5, 5.41) is 11.2. The maximum absolute atomic E-state index is 13.5. The molecule has 0 bridgehead atoms. The van der Waals surface area contributed by atoms with Crippen LogP contribution in [0.1, 0.15) is 24.1 Å². The Hall–Kier alpha value is -1.68. The maximum atomic E-state index is 13.5. The van der Waals surface area contributed by atoms with Crippen molar-refractivity contribution in [1.82, 2.24) is 4.57 Å². The van der Waals surface area contributed by atoms with E-state index in [1.165, 1.54) is 16.8 Å². The molecule has 0 saturated carbocycles. The fraction of sp³-hybridized carbons (Fsp3) is 0.250. The number of rotatable bonds is 0. The molecule has 0 amide bonds. The summed E-state index contributed by atoms with van der Waals surface area (Å²) in [6, 6.07) is 5.66. The molecule has 0 radical (unpaired) electrons. The minimum Gasteiger partial charge on any atom is -0.506 e. The second-order valence-corrected chi connectivity index (χ2v) is 6.30. The molecule has 0 spiro atoms. The van der Waals surface area contributed by atoms with Crippen LogP contribution in [0.3, 0.4) is 0 Å². The van der Waals surface area contributed by atoms with Gasteiger partial charge in [0.2, 0.25) is 0 Å². The molecule has 0 atom stereocenters. The number of phenolic OH excluding ortho intramolecular Hbond substituents is 1. The fourth-order valence-corrected chi connectivity index (χ4v) is 4.46. The second-order valence-electron chi connectivity index (χ2n) is 5.28. The average Bonchev–Trinajstić information content (AvgIpc) is 2.73. The molecule has 1 aliphatic heterocycles. The first-order valence-electron chi connectivity index (χ1n) is 6.68. The molecule has 20 heavy (non-hydrogen) atoms.